The zero-order valence-corrected chi connectivity index (χ0v) is 24.0. The predicted octanol–water partition coefficient (Wildman–Crippen LogP) is 9.57. The average molecular weight is 458 g/mol. The first kappa shape index (κ1) is 28.7. The summed E-state index contributed by atoms with van der Waals surface area (Å²) < 4.78 is 0. The molecule has 0 aliphatic heterocycles. The summed E-state index contributed by atoms with van der Waals surface area (Å²) in [6, 6.07) is 0. The molecule has 33 heavy (non-hydrogen) atoms. The molecule has 192 valence electrons. The van der Waals surface area contributed by atoms with Gasteiger partial charge in [-0.2, -0.15) is 0 Å². The van der Waals surface area contributed by atoms with Gasteiger partial charge in [0.25, 0.3) is 0 Å². The van der Waals surface area contributed by atoms with E-state index >= 15 is 0 Å². The van der Waals surface area contributed by atoms with Gasteiger partial charge in [0.05, 0.1) is 0 Å². The van der Waals surface area contributed by atoms with Crippen LogP contribution in [0.1, 0.15) is 127 Å². The van der Waals surface area contributed by atoms with Crippen molar-refractivity contribution in [2.45, 2.75) is 132 Å². The van der Waals surface area contributed by atoms with Crippen molar-refractivity contribution < 1.29 is 0 Å². The number of hydrogen-bond donors (Lipinski definition) is 1. The summed E-state index contributed by atoms with van der Waals surface area (Å²) in [6.07, 6.45) is 20.8. The number of fused-ring (bicyclic) bond motifs is 7. The predicted molar refractivity (Wildman–Crippen MR) is 148 cm³/mol. The van der Waals surface area contributed by atoms with Crippen LogP contribution in [0.5, 0.6) is 0 Å². The Morgan fingerprint density at radius 1 is 0.818 bits per heavy atom. The third-order valence-electron chi connectivity index (χ3n) is 11.4. The first-order valence-electron chi connectivity index (χ1n) is 14.7. The van der Waals surface area contributed by atoms with Gasteiger partial charge in [0.2, 0.25) is 0 Å². The van der Waals surface area contributed by atoms with Crippen molar-refractivity contribution in [3.8, 4) is 0 Å². The second-order valence-electron chi connectivity index (χ2n) is 12.4. The Kier molecular flexibility index (Phi) is 9.57. The molecule has 0 aromatic carbocycles. The monoisotopic (exact) mass is 457 g/mol. The van der Waals surface area contributed by atoms with Crippen LogP contribution in [0.15, 0.2) is 24.8 Å². The van der Waals surface area contributed by atoms with Crippen LogP contribution in [0.2, 0.25) is 0 Å². The molecule has 0 amide bonds. The molecule has 4 saturated carbocycles. The normalized spacial score (nSPS) is 49.1. The van der Waals surface area contributed by atoms with Gasteiger partial charge in [-0.25, -0.2) is 0 Å². The zero-order chi connectivity index (χ0) is 25.1. The molecule has 4 fully saturated rings. The van der Waals surface area contributed by atoms with Crippen molar-refractivity contribution in [2.24, 2.45) is 51.6 Å². The molecular formula is C32H59N. The lowest BCUT2D eigenvalue weighted by Crippen LogP contribution is -2.66. The van der Waals surface area contributed by atoms with Crippen molar-refractivity contribution >= 4 is 0 Å². The Balaban J connectivity index is 0.000000501. The van der Waals surface area contributed by atoms with Crippen LogP contribution < -0.4 is 5.73 Å². The molecule has 5 aliphatic carbocycles. The van der Waals surface area contributed by atoms with E-state index in [1.165, 1.54) is 64.2 Å². The van der Waals surface area contributed by atoms with Crippen LogP contribution in [0.25, 0.3) is 0 Å². The lowest BCUT2D eigenvalue weighted by molar-refractivity contribution is -0.210. The van der Waals surface area contributed by atoms with Crippen molar-refractivity contribution in [2.75, 3.05) is 0 Å². The fourth-order valence-corrected chi connectivity index (χ4v) is 9.84. The molecule has 0 saturated heterocycles. The number of allylic oxidation sites excluding steroid dienone is 3. The largest absolute Gasteiger partial charge is 0.325 e. The topological polar surface area (TPSA) is 26.0 Å². The van der Waals surface area contributed by atoms with E-state index in [1.54, 1.807) is 6.08 Å². The van der Waals surface area contributed by atoms with E-state index in [4.69, 9.17) is 5.73 Å². The molecule has 5 aliphatic rings. The van der Waals surface area contributed by atoms with Gasteiger partial charge in [0, 0.05) is 5.54 Å². The van der Waals surface area contributed by atoms with Crippen LogP contribution in [-0.4, -0.2) is 5.54 Å². The van der Waals surface area contributed by atoms with Crippen LogP contribution in [0.3, 0.4) is 0 Å². The highest BCUT2D eigenvalue weighted by atomic mass is 14.8. The molecule has 8 unspecified atom stereocenters. The minimum Gasteiger partial charge on any atom is -0.325 e. The van der Waals surface area contributed by atoms with E-state index in [9.17, 15) is 0 Å². The van der Waals surface area contributed by atoms with Gasteiger partial charge in [-0.3, -0.25) is 0 Å². The second kappa shape index (κ2) is 11.0. The highest BCUT2D eigenvalue weighted by molar-refractivity contribution is 5.20. The van der Waals surface area contributed by atoms with Crippen molar-refractivity contribution in [3.05, 3.63) is 24.8 Å². The van der Waals surface area contributed by atoms with Gasteiger partial charge < -0.3 is 5.73 Å². The molecule has 0 aromatic rings. The molecule has 1 nitrogen and oxygen atoms in total. The van der Waals surface area contributed by atoms with E-state index in [2.05, 4.69) is 46.4 Å². The molecule has 2 N–H and O–H groups in total. The first-order chi connectivity index (χ1) is 15.7. The summed E-state index contributed by atoms with van der Waals surface area (Å²) in [6.45, 7) is 23.9. The number of nitrogens with two attached hydrogens (primary N) is 1. The summed E-state index contributed by atoms with van der Waals surface area (Å²) in [7, 11) is 0. The van der Waals surface area contributed by atoms with E-state index in [0.29, 0.717) is 16.2 Å². The SMILES string of the molecule is C=CC.CC.CC.CC1C=CCC2(C)C1CCC1(C)C2CCC2C3CCCC3(N)CC[C@]21C. The van der Waals surface area contributed by atoms with E-state index in [-0.39, 0.29) is 5.54 Å². The fourth-order valence-electron chi connectivity index (χ4n) is 9.84. The van der Waals surface area contributed by atoms with Crippen molar-refractivity contribution in [3.63, 3.8) is 0 Å². The lowest BCUT2D eigenvalue weighted by Gasteiger charge is -2.71. The summed E-state index contributed by atoms with van der Waals surface area (Å²) in [5.41, 5.74) is 8.75. The Labute approximate surface area is 208 Å². The molecular weight excluding hydrogens is 398 g/mol. The van der Waals surface area contributed by atoms with Gasteiger partial charge in [0.15, 0.2) is 0 Å². The van der Waals surface area contributed by atoms with Crippen LogP contribution in [0, 0.1) is 45.8 Å². The van der Waals surface area contributed by atoms with E-state index < -0.39 is 0 Å². The fraction of sp³-hybridized carbons (Fsp3) is 0.875. The van der Waals surface area contributed by atoms with Gasteiger partial charge >= 0.3 is 0 Å². The molecule has 0 bridgehead atoms. The average Bonchev–Trinajstić information content (AvgIpc) is 3.19. The molecule has 0 aromatic heterocycles. The highest BCUT2D eigenvalue weighted by Crippen LogP contribution is 2.74. The second-order valence-corrected chi connectivity index (χ2v) is 12.4. The Morgan fingerprint density at radius 2 is 1.45 bits per heavy atom. The maximum Gasteiger partial charge on any atom is 0.0185 e. The maximum absolute atomic E-state index is 6.98. The summed E-state index contributed by atoms with van der Waals surface area (Å²) in [5, 5.41) is 0. The van der Waals surface area contributed by atoms with E-state index in [0.717, 1.165) is 29.6 Å². The quantitative estimate of drug-likeness (QED) is 0.360. The minimum atomic E-state index is 0.191. The van der Waals surface area contributed by atoms with Crippen molar-refractivity contribution in [1.82, 2.24) is 0 Å². The number of rotatable bonds is 0. The number of hydrogen-bond acceptors (Lipinski definition) is 1. The van der Waals surface area contributed by atoms with Gasteiger partial charge in [0.1, 0.15) is 0 Å². The van der Waals surface area contributed by atoms with Crippen molar-refractivity contribution in [1.29, 1.82) is 0 Å². The highest BCUT2D eigenvalue weighted by Gasteiger charge is 2.67. The molecule has 0 spiro atoms. The van der Waals surface area contributed by atoms with Crippen LogP contribution >= 0.6 is 0 Å². The lowest BCUT2D eigenvalue weighted by atomic mass is 9.34. The minimum absolute atomic E-state index is 0.191. The smallest absolute Gasteiger partial charge is 0.0185 e. The van der Waals surface area contributed by atoms with Crippen LogP contribution in [-0.2, 0) is 0 Å². The van der Waals surface area contributed by atoms with Gasteiger partial charge in [-0.1, -0.05) is 80.0 Å². The molecule has 1 heteroatoms. The Bertz CT molecular complexity index is 665. The molecule has 9 atom stereocenters. The molecule has 5 rings (SSSR count). The molecule has 0 radical (unpaired) electrons. The molecule has 0 heterocycles. The zero-order valence-electron chi connectivity index (χ0n) is 24.0. The van der Waals surface area contributed by atoms with Gasteiger partial charge in [-0.15, -0.1) is 6.58 Å². The summed E-state index contributed by atoms with van der Waals surface area (Å²) in [5.74, 6) is 4.31. The van der Waals surface area contributed by atoms with E-state index in [1.807, 2.05) is 34.6 Å². The third-order valence-corrected chi connectivity index (χ3v) is 11.4. The maximum atomic E-state index is 6.98. The summed E-state index contributed by atoms with van der Waals surface area (Å²) >= 11 is 0. The van der Waals surface area contributed by atoms with Gasteiger partial charge in [-0.05, 0) is 111 Å². The summed E-state index contributed by atoms with van der Waals surface area (Å²) in [4.78, 5) is 0. The standard InChI is InChI=1S/C25H41N.C3H6.2C2H6/c1-17-7-5-12-22(2)18(17)11-14-24(4)21(22)10-9-19-20-8-6-13-25(20,26)16-15-23(19,24)3;1-3-2;2*1-2/h5,7,17-21H,6,8-16,26H2,1-4H3;3H,1H2,2H3;2*1-2H3/t17?,18?,19?,20?,21?,22?,23-,24?,25?;;;/m1.../s1. The third kappa shape index (κ3) is 4.43. The first-order valence-corrected chi connectivity index (χ1v) is 14.7. The van der Waals surface area contributed by atoms with Crippen LogP contribution in [0.4, 0.5) is 0 Å². The Morgan fingerprint density at radius 3 is 2.09 bits per heavy atom. The Hall–Kier alpha value is -0.560.